The van der Waals surface area contributed by atoms with Crippen LogP contribution in [0, 0.1) is 5.82 Å². The third-order valence-electron chi connectivity index (χ3n) is 5.08. The first-order valence-corrected chi connectivity index (χ1v) is 10.2. The summed E-state index contributed by atoms with van der Waals surface area (Å²) in [5.41, 5.74) is 2.92. The van der Waals surface area contributed by atoms with Gasteiger partial charge in [-0.05, 0) is 35.4 Å². The van der Waals surface area contributed by atoms with Crippen molar-refractivity contribution >= 4 is 6.21 Å². The Bertz CT molecular complexity index is 978. The Labute approximate surface area is 176 Å². The maximum atomic E-state index is 13.3. The summed E-state index contributed by atoms with van der Waals surface area (Å²) in [5, 5.41) is 4.20. The number of para-hydroxylation sites is 1. The van der Waals surface area contributed by atoms with Crippen molar-refractivity contribution in [3.8, 4) is 5.75 Å². The Morgan fingerprint density at radius 2 is 1.77 bits per heavy atom. The van der Waals surface area contributed by atoms with Crippen LogP contribution in [-0.4, -0.2) is 30.3 Å². The molecule has 30 heavy (non-hydrogen) atoms. The Balaban J connectivity index is 1.29. The van der Waals surface area contributed by atoms with Crippen LogP contribution in [0.5, 0.6) is 5.75 Å². The second-order valence-electron chi connectivity index (χ2n) is 7.43. The van der Waals surface area contributed by atoms with E-state index in [1.165, 1.54) is 17.7 Å². The molecular weight excluding hydrogens is 379 g/mol. The number of likely N-dealkylation sites (tertiary alicyclic amines) is 1. The van der Waals surface area contributed by atoms with Gasteiger partial charge in [0.2, 0.25) is 0 Å². The van der Waals surface area contributed by atoms with E-state index in [2.05, 4.69) is 34.3 Å². The molecule has 154 valence electrons. The molecule has 5 heteroatoms. The van der Waals surface area contributed by atoms with Crippen molar-refractivity contribution in [1.29, 1.82) is 0 Å². The minimum atomic E-state index is -0.266. The van der Waals surface area contributed by atoms with E-state index in [9.17, 15) is 4.39 Å². The van der Waals surface area contributed by atoms with Crippen molar-refractivity contribution < 1.29 is 14.0 Å². The molecule has 1 unspecified atom stereocenters. The maximum absolute atomic E-state index is 13.3. The van der Waals surface area contributed by atoms with Crippen LogP contribution in [0.25, 0.3) is 0 Å². The van der Waals surface area contributed by atoms with Crippen LogP contribution in [0.3, 0.4) is 0 Å². The molecule has 1 fully saturated rings. The predicted octanol–water partition coefficient (Wildman–Crippen LogP) is 5.03. The molecule has 3 aromatic carbocycles. The highest BCUT2D eigenvalue weighted by molar-refractivity contribution is 5.83. The van der Waals surface area contributed by atoms with Crippen LogP contribution >= 0.6 is 0 Å². The van der Waals surface area contributed by atoms with E-state index in [1.807, 2.05) is 36.4 Å². The molecule has 0 radical (unpaired) electrons. The summed E-state index contributed by atoms with van der Waals surface area (Å²) in [6.45, 7) is 3.09. The summed E-state index contributed by atoms with van der Waals surface area (Å²) in [6.07, 6.45) is 2.73. The van der Waals surface area contributed by atoms with Crippen LogP contribution in [-0.2, 0) is 18.0 Å². The van der Waals surface area contributed by atoms with E-state index in [4.69, 9.17) is 9.57 Å². The SMILES string of the molecule is Fc1cccc(COc2ccccc2C=NOC2CCN(Cc3ccccc3)C2)c1. The molecule has 1 heterocycles. The van der Waals surface area contributed by atoms with Gasteiger partial charge in [0, 0.05) is 31.6 Å². The highest BCUT2D eigenvalue weighted by Crippen LogP contribution is 2.19. The van der Waals surface area contributed by atoms with Crippen LogP contribution in [0.1, 0.15) is 23.1 Å². The minimum Gasteiger partial charge on any atom is -0.488 e. The van der Waals surface area contributed by atoms with Crippen LogP contribution in [0.2, 0.25) is 0 Å². The molecule has 0 spiro atoms. The molecule has 0 aliphatic carbocycles. The number of rotatable bonds is 8. The largest absolute Gasteiger partial charge is 0.488 e. The quantitative estimate of drug-likeness (QED) is 0.390. The van der Waals surface area contributed by atoms with Crippen LogP contribution < -0.4 is 4.74 Å². The van der Waals surface area contributed by atoms with Gasteiger partial charge in [-0.3, -0.25) is 4.90 Å². The third kappa shape index (κ3) is 5.67. The van der Waals surface area contributed by atoms with Crippen LogP contribution in [0.4, 0.5) is 4.39 Å². The monoisotopic (exact) mass is 404 g/mol. The van der Waals surface area contributed by atoms with Crippen LogP contribution in [0.15, 0.2) is 84.0 Å². The molecule has 0 saturated carbocycles. The van der Waals surface area contributed by atoms with Gasteiger partial charge in [0.25, 0.3) is 0 Å². The number of nitrogens with zero attached hydrogens (tertiary/aromatic N) is 2. The first-order chi connectivity index (χ1) is 14.8. The lowest BCUT2D eigenvalue weighted by Gasteiger charge is -2.15. The molecular formula is C25H25FN2O2. The number of hydrogen-bond donors (Lipinski definition) is 0. The Hall–Kier alpha value is -3.18. The second-order valence-corrected chi connectivity index (χ2v) is 7.43. The van der Waals surface area contributed by atoms with Crippen molar-refractivity contribution in [2.45, 2.75) is 25.7 Å². The van der Waals surface area contributed by atoms with E-state index >= 15 is 0 Å². The van der Waals surface area contributed by atoms with Gasteiger partial charge in [-0.1, -0.05) is 59.8 Å². The average Bonchev–Trinajstić information content (AvgIpc) is 3.21. The van der Waals surface area contributed by atoms with Gasteiger partial charge in [-0.2, -0.15) is 0 Å². The summed E-state index contributed by atoms with van der Waals surface area (Å²) in [6, 6.07) is 24.5. The molecule has 0 bridgehead atoms. The summed E-state index contributed by atoms with van der Waals surface area (Å²) in [5.74, 6) is 0.420. The molecule has 1 aliphatic heterocycles. The summed E-state index contributed by atoms with van der Waals surface area (Å²) in [4.78, 5) is 8.11. The van der Waals surface area contributed by atoms with E-state index in [1.54, 1.807) is 12.3 Å². The molecule has 1 atom stereocenters. The number of ether oxygens (including phenoxy) is 1. The Morgan fingerprint density at radius 1 is 0.967 bits per heavy atom. The van der Waals surface area contributed by atoms with Gasteiger partial charge in [-0.25, -0.2) is 4.39 Å². The zero-order valence-corrected chi connectivity index (χ0v) is 16.8. The maximum Gasteiger partial charge on any atom is 0.141 e. The standard InChI is InChI=1S/C25H25FN2O2/c26-23-11-6-9-21(15-23)19-29-25-12-5-4-10-22(25)16-27-30-24-13-14-28(18-24)17-20-7-2-1-3-8-20/h1-12,15-16,24H,13-14,17-19H2. The number of oxime groups is 1. The lowest BCUT2D eigenvalue weighted by Crippen LogP contribution is -2.22. The van der Waals surface area contributed by atoms with Crippen molar-refractivity contribution in [3.63, 3.8) is 0 Å². The highest BCUT2D eigenvalue weighted by atomic mass is 19.1. The van der Waals surface area contributed by atoms with E-state index in [0.717, 1.165) is 37.2 Å². The zero-order valence-electron chi connectivity index (χ0n) is 16.8. The van der Waals surface area contributed by atoms with Gasteiger partial charge in [0.15, 0.2) is 0 Å². The van der Waals surface area contributed by atoms with Crippen molar-refractivity contribution in [2.75, 3.05) is 13.1 Å². The zero-order chi connectivity index (χ0) is 20.6. The van der Waals surface area contributed by atoms with E-state index in [-0.39, 0.29) is 11.9 Å². The molecule has 4 nitrogen and oxygen atoms in total. The summed E-state index contributed by atoms with van der Waals surface area (Å²) in [7, 11) is 0. The first kappa shape index (κ1) is 20.1. The molecule has 0 N–H and O–H groups in total. The van der Waals surface area contributed by atoms with Gasteiger partial charge in [0.05, 0.1) is 6.21 Å². The smallest absolute Gasteiger partial charge is 0.141 e. The summed E-state index contributed by atoms with van der Waals surface area (Å²) >= 11 is 0. The highest BCUT2D eigenvalue weighted by Gasteiger charge is 2.23. The predicted molar refractivity (Wildman–Crippen MR) is 116 cm³/mol. The Morgan fingerprint density at radius 3 is 2.63 bits per heavy atom. The lowest BCUT2D eigenvalue weighted by atomic mass is 10.2. The normalized spacial score (nSPS) is 16.8. The molecule has 0 aromatic heterocycles. The molecule has 4 rings (SSSR count). The van der Waals surface area contributed by atoms with Gasteiger partial charge < -0.3 is 9.57 Å². The minimum absolute atomic E-state index is 0.0883. The van der Waals surface area contributed by atoms with Crippen molar-refractivity contribution in [1.82, 2.24) is 4.90 Å². The third-order valence-corrected chi connectivity index (χ3v) is 5.08. The molecule has 1 saturated heterocycles. The molecule has 0 amide bonds. The number of halogens is 1. The lowest BCUT2D eigenvalue weighted by molar-refractivity contribution is 0.0656. The number of benzene rings is 3. The van der Waals surface area contributed by atoms with Gasteiger partial charge >= 0.3 is 0 Å². The van der Waals surface area contributed by atoms with Gasteiger partial charge in [0.1, 0.15) is 24.3 Å². The van der Waals surface area contributed by atoms with E-state index in [0.29, 0.717) is 12.4 Å². The van der Waals surface area contributed by atoms with Crippen molar-refractivity contribution in [3.05, 3.63) is 101 Å². The van der Waals surface area contributed by atoms with Gasteiger partial charge in [-0.15, -0.1) is 0 Å². The van der Waals surface area contributed by atoms with E-state index < -0.39 is 0 Å². The summed E-state index contributed by atoms with van der Waals surface area (Å²) < 4.78 is 19.2. The number of hydrogen-bond acceptors (Lipinski definition) is 4. The topological polar surface area (TPSA) is 34.1 Å². The average molecular weight is 404 g/mol. The molecule has 3 aromatic rings. The fourth-order valence-corrected chi connectivity index (χ4v) is 3.55. The molecule has 1 aliphatic rings. The fraction of sp³-hybridized carbons (Fsp3) is 0.240. The van der Waals surface area contributed by atoms with Crippen molar-refractivity contribution in [2.24, 2.45) is 5.16 Å². The fourth-order valence-electron chi connectivity index (χ4n) is 3.55. The second kappa shape index (κ2) is 10.0. The Kier molecular flexibility index (Phi) is 6.72. The first-order valence-electron chi connectivity index (χ1n) is 10.2.